The lowest BCUT2D eigenvalue weighted by Crippen LogP contribution is -1.83. The smallest absolute Gasteiger partial charge is 0.144 e. The Bertz CT molecular complexity index is 1090. The van der Waals surface area contributed by atoms with Gasteiger partial charge >= 0.3 is 0 Å². The Balaban J connectivity index is 2.08. The fourth-order valence-electron chi connectivity index (χ4n) is 2.85. The molecule has 3 nitrogen and oxygen atoms in total. The SMILES string of the molecule is Cc1c(C#N)ccc2c1oc1c(-c3ccc(Cl)cn3)cccc12. The molecule has 2 aromatic carbocycles. The number of hydrogen-bond acceptors (Lipinski definition) is 3. The van der Waals surface area contributed by atoms with Crippen molar-refractivity contribution in [1.82, 2.24) is 4.98 Å². The molecular weight excluding hydrogens is 308 g/mol. The fraction of sp³-hybridized carbons (Fsp3) is 0.0526. The van der Waals surface area contributed by atoms with E-state index in [1.165, 1.54) is 0 Å². The van der Waals surface area contributed by atoms with E-state index in [4.69, 9.17) is 16.0 Å². The van der Waals surface area contributed by atoms with Crippen LogP contribution in [0.5, 0.6) is 0 Å². The zero-order valence-corrected chi connectivity index (χ0v) is 13.1. The van der Waals surface area contributed by atoms with Crippen LogP contribution in [0, 0.1) is 18.3 Å². The van der Waals surface area contributed by atoms with Crippen LogP contribution in [0.1, 0.15) is 11.1 Å². The number of nitriles is 1. The summed E-state index contributed by atoms with van der Waals surface area (Å²) in [6, 6.07) is 15.6. The fourth-order valence-corrected chi connectivity index (χ4v) is 2.97. The second-order valence-electron chi connectivity index (χ2n) is 5.37. The first-order chi connectivity index (χ1) is 11.2. The molecule has 0 spiro atoms. The Morgan fingerprint density at radius 1 is 1.04 bits per heavy atom. The minimum absolute atomic E-state index is 0.597. The summed E-state index contributed by atoms with van der Waals surface area (Å²) >= 11 is 5.92. The van der Waals surface area contributed by atoms with Gasteiger partial charge < -0.3 is 4.42 Å². The van der Waals surface area contributed by atoms with Gasteiger partial charge in [-0.05, 0) is 37.3 Å². The van der Waals surface area contributed by atoms with Crippen molar-refractivity contribution in [3.63, 3.8) is 0 Å². The van der Waals surface area contributed by atoms with Crippen LogP contribution >= 0.6 is 11.6 Å². The second-order valence-corrected chi connectivity index (χ2v) is 5.81. The summed E-state index contributed by atoms with van der Waals surface area (Å²) in [7, 11) is 0. The zero-order valence-electron chi connectivity index (χ0n) is 12.3. The molecule has 110 valence electrons. The van der Waals surface area contributed by atoms with E-state index in [0.717, 1.165) is 38.8 Å². The molecule has 0 unspecified atom stereocenters. The number of pyridine rings is 1. The molecule has 2 aromatic heterocycles. The number of nitrogens with zero attached hydrogens (tertiary/aromatic N) is 2. The summed E-state index contributed by atoms with van der Waals surface area (Å²) in [5.74, 6) is 0. The molecular formula is C19H11ClN2O. The third-order valence-electron chi connectivity index (χ3n) is 4.04. The summed E-state index contributed by atoms with van der Waals surface area (Å²) in [4.78, 5) is 4.38. The molecule has 4 heteroatoms. The molecule has 0 aliphatic carbocycles. The van der Waals surface area contributed by atoms with Crippen LogP contribution in [0.25, 0.3) is 33.2 Å². The first-order valence-electron chi connectivity index (χ1n) is 7.16. The molecule has 0 aliphatic rings. The van der Waals surface area contributed by atoms with E-state index in [9.17, 15) is 5.26 Å². The molecule has 0 saturated heterocycles. The van der Waals surface area contributed by atoms with Crippen LogP contribution in [0.2, 0.25) is 5.02 Å². The maximum absolute atomic E-state index is 9.20. The molecule has 23 heavy (non-hydrogen) atoms. The Labute approximate surface area is 137 Å². The summed E-state index contributed by atoms with van der Waals surface area (Å²) in [5.41, 5.74) is 4.72. The van der Waals surface area contributed by atoms with Gasteiger partial charge in [0.1, 0.15) is 11.2 Å². The van der Waals surface area contributed by atoms with Crippen molar-refractivity contribution in [1.29, 1.82) is 5.26 Å². The van der Waals surface area contributed by atoms with Gasteiger partial charge in [-0.1, -0.05) is 23.7 Å². The molecule has 0 aliphatic heterocycles. The number of furan rings is 1. The van der Waals surface area contributed by atoms with Crippen LogP contribution in [-0.4, -0.2) is 4.98 Å². The molecule has 2 heterocycles. The van der Waals surface area contributed by atoms with E-state index in [-0.39, 0.29) is 0 Å². The number of aromatic nitrogens is 1. The standard InChI is InChI=1S/C19H11ClN2O/c1-11-12(9-21)5-7-15-14-3-2-4-16(19(14)23-18(11)15)17-8-6-13(20)10-22-17/h2-8,10H,1H3. The second kappa shape index (κ2) is 5.12. The van der Waals surface area contributed by atoms with Gasteiger partial charge in [-0.15, -0.1) is 0 Å². The summed E-state index contributed by atoms with van der Waals surface area (Å²) in [6.07, 6.45) is 1.62. The van der Waals surface area contributed by atoms with Gasteiger partial charge in [-0.25, -0.2) is 0 Å². The molecule has 0 saturated carbocycles. The van der Waals surface area contributed by atoms with Crippen molar-refractivity contribution in [2.45, 2.75) is 6.92 Å². The highest BCUT2D eigenvalue weighted by Crippen LogP contribution is 2.37. The summed E-state index contributed by atoms with van der Waals surface area (Å²) in [5, 5.41) is 11.8. The number of aryl methyl sites for hydroxylation is 1. The predicted octanol–water partition coefficient (Wildman–Crippen LogP) is 5.48. The minimum Gasteiger partial charge on any atom is -0.455 e. The number of benzene rings is 2. The van der Waals surface area contributed by atoms with Gasteiger partial charge in [0, 0.05) is 28.1 Å². The van der Waals surface area contributed by atoms with Crippen LogP contribution in [0.15, 0.2) is 53.1 Å². The van der Waals surface area contributed by atoms with Crippen molar-refractivity contribution in [3.8, 4) is 17.3 Å². The molecule has 0 N–H and O–H groups in total. The van der Waals surface area contributed by atoms with Gasteiger partial charge in [0.25, 0.3) is 0 Å². The predicted molar refractivity (Wildman–Crippen MR) is 91.4 cm³/mol. The maximum Gasteiger partial charge on any atom is 0.144 e. The molecule has 0 atom stereocenters. The normalized spacial score (nSPS) is 11.0. The van der Waals surface area contributed by atoms with E-state index in [2.05, 4.69) is 11.1 Å². The third kappa shape index (κ3) is 2.08. The molecule has 0 amide bonds. The Hall–Kier alpha value is -2.83. The monoisotopic (exact) mass is 318 g/mol. The topological polar surface area (TPSA) is 49.8 Å². The summed E-state index contributed by atoms with van der Waals surface area (Å²) < 4.78 is 6.12. The first kappa shape index (κ1) is 13.8. The maximum atomic E-state index is 9.20. The summed E-state index contributed by atoms with van der Waals surface area (Å²) in [6.45, 7) is 1.91. The average molecular weight is 319 g/mol. The van der Waals surface area contributed by atoms with E-state index in [0.29, 0.717) is 10.6 Å². The van der Waals surface area contributed by atoms with Gasteiger partial charge in [-0.2, -0.15) is 5.26 Å². The van der Waals surface area contributed by atoms with Crippen molar-refractivity contribution in [3.05, 3.63) is 64.8 Å². The van der Waals surface area contributed by atoms with E-state index >= 15 is 0 Å². The Morgan fingerprint density at radius 2 is 1.87 bits per heavy atom. The van der Waals surface area contributed by atoms with Crippen LogP contribution in [-0.2, 0) is 0 Å². The number of para-hydroxylation sites is 1. The Morgan fingerprint density at radius 3 is 2.61 bits per heavy atom. The minimum atomic E-state index is 0.597. The average Bonchev–Trinajstić information content (AvgIpc) is 2.96. The highest BCUT2D eigenvalue weighted by molar-refractivity contribution is 6.30. The highest BCUT2D eigenvalue weighted by Gasteiger charge is 2.15. The number of rotatable bonds is 1. The van der Waals surface area contributed by atoms with E-state index in [1.807, 2.05) is 49.4 Å². The van der Waals surface area contributed by atoms with Crippen molar-refractivity contribution < 1.29 is 4.42 Å². The number of hydrogen-bond donors (Lipinski definition) is 0. The zero-order chi connectivity index (χ0) is 16.0. The van der Waals surface area contributed by atoms with Gasteiger partial charge in [0.15, 0.2) is 0 Å². The molecule has 4 aromatic rings. The Kier molecular flexibility index (Phi) is 3.07. The quantitative estimate of drug-likeness (QED) is 0.467. The first-order valence-corrected chi connectivity index (χ1v) is 7.53. The van der Waals surface area contributed by atoms with E-state index in [1.54, 1.807) is 6.20 Å². The van der Waals surface area contributed by atoms with Crippen molar-refractivity contribution in [2.75, 3.05) is 0 Å². The van der Waals surface area contributed by atoms with Crippen LogP contribution in [0.3, 0.4) is 0 Å². The number of fused-ring (bicyclic) bond motifs is 3. The number of halogens is 1. The third-order valence-corrected chi connectivity index (χ3v) is 4.26. The van der Waals surface area contributed by atoms with Crippen molar-refractivity contribution in [2.24, 2.45) is 0 Å². The van der Waals surface area contributed by atoms with Crippen LogP contribution < -0.4 is 0 Å². The largest absolute Gasteiger partial charge is 0.455 e. The lowest BCUT2D eigenvalue weighted by atomic mass is 10.0. The van der Waals surface area contributed by atoms with Crippen LogP contribution in [0.4, 0.5) is 0 Å². The van der Waals surface area contributed by atoms with Gasteiger partial charge in [0.05, 0.1) is 22.3 Å². The molecule has 0 bridgehead atoms. The van der Waals surface area contributed by atoms with Gasteiger partial charge in [-0.3, -0.25) is 4.98 Å². The van der Waals surface area contributed by atoms with E-state index < -0.39 is 0 Å². The molecule has 0 fully saturated rings. The molecule has 0 radical (unpaired) electrons. The molecule has 4 rings (SSSR count). The van der Waals surface area contributed by atoms with Gasteiger partial charge in [0.2, 0.25) is 0 Å². The highest BCUT2D eigenvalue weighted by atomic mass is 35.5. The van der Waals surface area contributed by atoms with Crippen molar-refractivity contribution >= 4 is 33.5 Å². The lowest BCUT2D eigenvalue weighted by molar-refractivity contribution is 0.666. The lowest BCUT2D eigenvalue weighted by Gasteiger charge is -2.01.